The summed E-state index contributed by atoms with van der Waals surface area (Å²) in [6.45, 7) is 1.51. The number of amides is 1. The molecule has 1 saturated heterocycles. The molecule has 1 fully saturated rings. The molecule has 1 atom stereocenters. The second-order valence-electron chi connectivity index (χ2n) is 7.78. The van der Waals surface area contributed by atoms with Gasteiger partial charge in [-0.25, -0.2) is 13.6 Å². The largest absolute Gasteiger partial charge is 0.355 e. The second-order valence-corrected chi connectivity index (χ2v) is 8.22. The molecule has 9 heteroatoms. The van der Waals surface area contributed by atoms with Crippen LogP contribution in [0.1, 0.15) is 41.0 Å². The van der Waals surface area contributed by atoms with E-state index in [0.717, 1.165) is 0 Å². The molecule has 31 heavy (non-hydrogen) atoms. The van der Waals surface area contributed by atoms with E-state index in [1.165, 1.54) is 19.2 Å². The summed E-state index contributed by atoms with van der Waals surface area (Å²) in [5.41, 5.74) is 0.972. The van der Waals surface area contributed by atoms with Crippen molar-refractivity contribution in [2.75, 3.05) is 26.7 Å². The van der Waals surface area contributed by atoms with Crippen LogP contribution in [0.15, 0.2) is 41.2 Å². The Morgan fingerprint density at radius 1 is 1.26 bits per heavy atom. The molecule has 1 aliphatic rings. The summed E-state index contributed by atoms with van der Waals surface area (Å²) < 4.78 is 30.7. The maximum atomic E-state index is 14.7. The number of alkyl halides is 1. The first-order valence-electron chi connectivity index (χ1n) is 10.1. The zero-order valence-electron chi connectivity index (χ0n) is 17.0. The van der Waals surface area contributed by atoms with Crippen LogP contribution in [-0.4, -0.2) is 47.0 Å². The molecule has 1 aromatic heterocycles. The first-order chi connectivity index (χ1) is 14.9. The van der Waals surface area contributed by atoms with Crippen molar-refractivity contribution in [3.05, 3.63) is 68.8 Å². The van der Waals surface area contributed by atoms with E-state index >= 15 is 0 Å². The van der Waals surface area contributed by atoms with Crippen LogP contribution in [-0.2, 0) is 0 Å². The number of carbonyl (C=O) groups excluding carboxylic acids is 1. The maximum absolute atomic E-state index is 14.7. The first kappa shape index (κ1) is 21.5. The number of imidazole rings is 1. The zero-order valence-corrected chi connectivity index (χ0v) is 17.8. The van der Waals surface area contributed by atoms with Crippen LogP contribution < -0.4 is 11.0 Å². The molecule has 0 radical (unpaired) electrons. The minimum Gasteiger partial charge on any atom is -0.355 e. The van der Waals surface area contributed by atoms with Crippen molar-refractivity contribution in [1.29, 1.82) is 0 Å². The van der Waals surface area contributed by atoms with E-state index in [1.54, 1.807) is 28.8 Å². The fraction of sp³-hybridized carbons (Fsp3) is 0.364. The fourth-order valence-electron chi connectivity index (χ4n) is 4.18. The van der Waals surface area contributed by atoms with E-state index in [-0.39, 0.29) is 23.8 Å². The van der Waals surface area contributed by atoms with Crippen LogP contribution in [0.2, 0.25) is 5.02 Å². The molecule has 1 amide bonds. The summed E-state index contributed by atoms with van der Waals surface area (Å²) >= 11 is 5.86. The van der Waals surface area contributed by atoms with Gasteiger partial charge in [-0.15, -0.1) is 0 Å². The molecule has 4 rings (SSSR count). The Balaban J connectivity index is 1.48. The molecule has 6 nitrogen and oxygen atoms in total. The molecule has 1 aliphatic heterocycles. The van der Waals surface area contributed by atoms with Gasteiger partial charge in [0.1, 0.15) is 12.0 Å². The monoisotopic (exact) mass is 448 g/mol. The summed E-state index contributed by atoms with van der Waals surface area (Å²) in [6, 6.07) is 9.18. The average molecular weight is 449 g/mol. The Bertz CT molecular complexity index is 1150. The smallest absolute Gasteiger partial charge is 0.326 e. The SMILES string of the molecule is CNC(=O)c1cc2[nH]c(=O)n(C3CCN(CC(F)c4ccc(Cl)cc4)CC3)c2cc1F. The van der Waals surface area contributed by atoms with Gasteiger partial charge < -0.3 is 10.3 Å². The molecule has 0 aliphatic carbocycles. The van der Waals surface area contributed by atoms with Crippen LogP contribution >= 0.6 is 11.6 Å². The van der Waals surface area contributed by atoms with E-state index in [9.17, 15) is 18.4 Å². The molecule has 2 aromatic carbocycles. The zero-order chi connectivity index (χ0) is 22.1. The number of nitrogens with zero attached hydrogens (tertiary/aromatic N) is 2. The molecule has 1 unspecified atom stereocenters. The number of hydrogen-bond donors (Lipinski definition) is 2. The number of benzene rings is 2. The number of aromatic amines is 1. The highest BCUT2D eigenvalue weighted by atomic mass is 35.5. The third-order valence-electron chi connectivity index (χ3n) is 5.85. The number of likely N-dealkylation sites (tertiary alicyclic amines) is 1. The van der Waals surface area contributed by atoms with Gasteiger partial charge in [-0.2, -0.15) is 0 Å². The van der Waals surface area contributed by atoms with Gasteiger partial charge >= 0.3 is 5.69 Å². The third kappa shape index (κ3) is 4.36. The number of carbonyl (C=O) groups is 1. The Hall–Kier alpha value is -2.71. The third-order valence-corrected chi connectivity index (χ3v) is 6.10. The number of piperidine rings is 1. The van der Waals surface area contributed by atoms with Gasteiger partial charge in [0.15, 0.2) is 0 Å². The molecule has 164 valence electrons. The van der Waals surface area contributed by atoms with Crippen LogP contribution in [0.25, 0.3) is 11.0 Å². The Labute approximate surface area is 182 Å². The summed E-state index contributed by atoms with van der Waals surface area (Å²) in [5, 5.41) is 2.96. The number of rotatable bonds is 5. The minimum atomic E-state index is -1.12. The van der Waals surface area contributed by atoms with Gasteiger partial charge in [-0.05, 0) is 36.6 Å². The van der Waals surface area contributed by atoms with Crippen molar-refractivity contribution >= 4 is 28.5 Å². The summed E-state index contributed by atoms with van der Waals surface area (Å²) in [7, 11) is 1.42. The maximum Gasteiger partial charge on any atom is 0.326 e. The molecular formula is C22H23ClF2N4O2. The predicted molar refractivity (Wildman–Crippen MR) is 116 cm³/mol. The lowest BCUT2D eigenvalue weighted by molar-refractivity contribution is 0.0959. The van der Waals surface area contributed by atoms with Gasteiger partial charge in [0, 0.05) is 43.8 Å². The van der Waals surface area contributed by atoms with Crippen molar-refractivity contribution in [1.82, 2.24) is 19.8 Å². The lowest BCUT2D eigenvalue weighted by Crippen LogP contribution is -2.38. The van der Waals surface area contributed by atoms with Crippen molar-refractivity contribution < 1.29 is 13.6 Å². The molecule has 0 saturated carbocycles. The van der Waals surface area contributed by atoms with Gasteiger partial charge in [0.25, 0.3) is 5.91 Å². The van der Waals surface area contributed by atoms with E-state index in [4.69, 9.17) is 11.6 Å². The molecule has 0 bridgehead atoms. The quantitative estimate of drug-likeness (QED) is 0.623. The van der Waals surface area contributed by atoms with Crippen molar-refractivity contribution in [3.8, 4) is 0 Å². The number of fused-ring (bicyclic) bond motifs is 1. The number of H-pyrrole nitrogens is 1. The summed E-state index contributed by atoms with van der Waals surface area (Å²) in [5.74, 6) is -1.23. The number of nitrogens with one attached hydrogen (secondary N) is 2. The Morgan fingerprint density at radius 3 is 2.58 bits per heavy atom. The predicted octanol–water partition coefficient (Wildman–Crippen LogP) is 3.83. The molecular weight excluding hydrogens is 426 g/mol. The van der Waals surface area contributed by atoms with Crippen molar-refractivity contribution in [2.24, 2.45) is 0 Å². The van der Waals surface area contributed by atoms with E-state index in [2.05, 4.69) is 10.3 Å². The van der Waals surface area contributed by atoms with Crippen LogP contribution in [0.4, 0.5) is 8.78 Å². The summed E-state index contributed by atoms with van der Waals surface area (Å²) in [6.07, 6.45) is 0.153. The van der Waals surface area contributed by atoms with Crippen LogP contribution in [0, 0.1) is 5.82 Å². The number of halogens is 3. The second kappa shape index (κ2) is 8.80. The standard InChI is InChI=1S/C22H23ClF2N4O2/c1-26-21(30)16-10-19-20(11-17(16)24)29(22(31)27-19)15-6-8-28(9-7-15)12-18(25)13-2-4-14(23)5-3-13/h2-5,10-11,15,18H,6-9,12H2,1H3,(H,26,30)(H,27,31). The van der Waals surface area contributed by atoms with Crippen molar-refractivity contribution in [2.45, 2.75) is 25.1 Å². The van der Waals surface area contributed by atoms with Crippen molar-refractivity contribution in [3.63, 3.8) is 0 Å². The summed E-state index contributed by atoms with van der Waals surface area (Å²) in [4.78, 5) is 29.1. The molecule has 2 heterocycles. The van der Waals surface area contributed by atoms with Crippen LogP contribution in [0.5, 0.6) is 0 Å². The normalized spacial score (nSPS) is 16.5. The van der Waals surface area contributed by atoms with Gasteiger partial charge in [-0.3, -0.25) is 14.3 Å². The lowest BCUT2D eigenvalue weighted by Gasteiger charge is -2.33. The molecule has 2 N–H and O–H groups in total. The topological polar surface area (TPSA) is 70.1 Å². The van der Waals surface area contributed by atoms with Gasteiger partial charge in [0.05, 0.1) is 16.6 Å². The number of aromatic nitrogens is 2. The Morgan fingerprint density at radius 2 is 1.94 bits per heavy atom. The highest BCUT2D eigenvalue weighted by Crippen LogP contribution is 2.28. The van der Waals surface area contributed by atoms with E-state index in [0.29, 0.717) is 47.6 Å². The molecule has 0 spiro atoms. The average Bonchev–Trinajstić information content (AvgIpc) is 3.08. The highest BCUT2D eigenvalue weighted by Gasteiger charge is 2.26. The highest BCUT2D eigenvalue weighted by molar-refractivity contribution is 6.30. The van der Waals surface area contributed by atoms with Crippen LogP contribution in [0.3, 0.4) is 0 Å². The van der Waals surface area contributed by atoms with Gasteiger partial charge in [0.2, 0.25) is 0 Å². The number of hydrogen-bond acceptors (Lipinski definition) is 3. The van der Waals surface area contributed by atoms with Gasteiger partial charge in [-0.1, -0.05) is 23.7 Å². The first-order valence-corrected chi connectivity index (χ1v) is 10.5. The fourth-order valence-corrected chi connectivity index (χ4v) is 4.31. The lowest BCUT2D eigenvalue weighted by atomic mass is 10.0. The Kier molecular flexibility index (Phi) is 6.11. The molecule has 3 aromatic rings. The van der Waals surface area contributed by atoms with E-state index in [1.807, 2.05) is 4.90 Å². The minimum absolute atomic E-state index is 0.116. The van der Waals surface area contributed by atoms with E-state index < -0.39 is 17.9 Å².